The van der Waals surface area contributed by atoms with E-state index in [2.05, 4.69) is 10.3 Å². The number of para-hydroxylation sites is 2. The molecule has 0 radical (unpaired) electrons. The van der Waals surface area contributed by atoms with Gasteiger partial charge in [0.15, 0.2) is 6.61 Å². The highest BCUT2D eigenvalue weighted by Crippen LogP contribution is 2.30. The number of piperidine rings is 1. The highest BCUT2D eigenvalue weighted by Gasteiger charge is 2.31. The number of nitrogens with zero attached hydrogens (tertiary/aromatic N) is 2. The topological polar surface area (TPSA) is 80.8 Å². The zero-order chi connectivity index (χ0) is 23.1. The second-order valence-electron chi connectivity index (χ2n) is 7.25. The third kappa shape index (κ3) is 6.12. The van der Waals surface area contributed by atoms with Crippen LogP contribution < -0.4 is 15.0 Å². The van der Waals surface area contributed by atoms with Crippen molar-refractivity contribution in [2.24, 2.45) is 5.92 Å². The van der Waals surface area contributed by atoms with Gasteiger partial charge in [0.2, 0.25) is 0 Å². The fourth-order valence-electron chi connectivity index (χ4n) is 3.38. The molecule has 1 amide bonds. The highest BCUT2D eigenvalue weighted by atomic mass is 19.4. The van der Waals surface area contributed by atoms with E-state index in [1.807, 2.05) is 11.8 Å². The SMILES string of the molecule is CCOc1ccccc1NC(=O)COC(=O)C1CCN(c2ccc(C(F)(F)F)cn2)CC1. The van der Waals surface area contributed by atoms with Gasteiger partial charge in [-0.25, -0.2) is 4.98 Å². The number of hydrogen-bond donors (Lipinski definition) is 1. The molecule has 0 atom stereocenters. The molecule has 0 spiro atoms. The summed E-state index contributed by atoms with van der Waals surface area (Å²) in [5, 5.41) is 2.66. The molecule has 0 bridgehead atoms. The van der Waals surface area contributed by atoms with Crippen LogP contribution in [0.4, 0.5) is 24.7 Å². The molecule has 7 nitrogen and oxygen atoms in total. The van der Waals surface area contributed by atoms with Crippen LogP contribution in [-0.4, -0.2) is 43.2 Å². The Morgan fingerprint density at radius 2 is 1.88 bits per heavy atom. The van der Waals surface area contributed by atoms with Gasteiger partial charge in [-0.3, -0.25) is 9.59 Å². The van der Waals surface area contributed by atoms with E-state index in [4.69, 9.17) is 9.47 Å². The van der Waals surface area contributed by atoms with Crippen molar-refractivity contribution in [2.75, 3.05) is 36.5 Å². The summed E-state index contributed by atoms with van der Waals surface area (Å²) in [6.45, 7) is 2.76. The molecule has 32 heavy (non-hydrogen) atoms. The van der Waals surface area contributed by atoms with Crippen LogP contribution >= 0.6 is 0 Å². The number of amides is 1. The van der Waals surface area contributed by atoms with Crippen LogP contribution in [0.25, 0.3) is 0 Å². The van der Waals surface area contributed by atoms with Crippen LogP contribution in [0.15, 0.2) is 42.6 Å². The molecule has 1 saturated heterocycles. The molecule has 1 aliphatic heterocycles. The summed E-state index contributed by atoms with van der Waals surface area (Å²) in [4.78, 5) is 30.2. The minimum Gasteiger partial charge on any atom is -0.492 e. The van der Waals surface area contributed by atoms with E-state index >= 15 is 0 Å². The van der Waals surface area contributed by atoms with Crippen LogP contribution in [0, 0.1) is 5.92 Å². The van der Waals surface area contributed by atoms with Crippen molar-refractivity contribution in [3.05, 3.63) is 48.2 Å². The van der Waals surface area contributed by atoms with Gasteiger partial charge in [-0.15, -0.1) is 0 Å². The van der Waals surface area contributed by atoms with Gasteiger partial charge in [-0.1, -0.05) is 12.1 Å². The Kier molecular flexibility index (Phi) is 7.55. The summed E-state index contributed by atoms with van der Waals surface area (Å²) in [6, 6.07) is 9.27. The molecule has 0 saturated carbocycles. The molecule has 2 aromatic rings. The van der Waals surface area contributed by atoms with Crippen molar-refractivity contribution < 1.29 is 32.2 Å². The molecule has 1 fully saturated rings. The third-order valence-corrected chi connectivity index (χ3v) is 5.03. The minimum absolute atomic E-state index is 0.385. The number of carbonyl (C=O) groups is 2. The summed E-state index contributed by atoms with van der Waals surface area (Å²) < 4.78 is 48.6. The van der Waals surface area contributed by atoms with E-state index in [9.17, 15) is 22.8 Å². The van der Waals surface area contributed by atoms with Crippen molar-refractivity contribution in [1.29, 1.82) is 0 Å². The Hall–Kier alpha value is -3.30. The number of esters is 1. The number of nitrogens with one attached hydrogen (secondary N) is 1. The van der Waals surface area contributed by atoms with Gasteiger partial charge >= 0.3 is 12.1 Å². The minimum atomic E-state index is -4.43. The van der Waals surface area contributed by atoms with Gasteiger partial charge in [-0.05, 0) is 44.0 Å². The Morgan fingerprint density at radius 3 is 2.50 bits per heavy atom. The van der Waals surface area contributed by atoms with Crippen molar-refractivity contribution in [3.8, 4) is 5.75 Å². The average molecular weight is 451 g/mol. The normalized spacial score (nSPS) is 14.7. The number of benzene rings is 1. The Labute approximate surface area is 183 Å². The first kappa shape index (κ1) is 23.4. The second-order valence-corrected chi connectivity index (χ2v) is 7.25. The van der Waals surface area contributed by atoms with Crippen molar-refractivity contribution in [3.63, 3.8) is 0 Å². The van der Waals surface area contributed by atoms with Crippen LogP contribution in [0.2, 0.25) is 0 Å². The first-order valence-corrected chi connectivity index (χ1v) is 10.2. The van der Waals surface area contributed by atoms with Crippen molar-refractivity contribution >= 4 is 23.4 Å². The molecule has 1 aromatic heterocycles. The summed E-state index contributed by atoms with van der Waals surface area (Å²) in [7, 11) is 0. The molecule has 2 heterocycles. The van der Waals surface area contributed by atoms with Gasteiger partial charge in [0, 0.05) is 19.3 Å². The van der Waals surface area contributed by atoms with Crippen LogP contribution in [0.3, 0.4) is 0 Å². The number of anilines is 2. The summed E-state index contributed by atoms with van der Waals surface area (Å²) in [5.41, 5.74) is -0.311. The largest absolute Gasteiger partial charge is 0.492 e. The van der Waals surface area contributed by atoms with E-state index in [1.54, 1.807) is 24.3 Å². The Balaban J connectivity index is 1.45. The first-order valence-electron chi connectivity index (χ1n) is 10.2. The number of rotatable bonds is 7. The number of carbonyl (C=O) groups excluding carboxylic acids is 2. The summed E-state index contributed by atoms with van der Waals surface area (Å²) >= 11 is 0. The Bertz CT molecular complexity index is 927. The smallest absolute Gasteiger partial charge is 0.417 e. The molecule has 10 heteroatoms. The van der Waals surface area contributed by atoms with Gasteiger partial charge < -0.3 is 19.7 Å². The lowest BCUT2D eigenvalue weighted by Gasteiger charge is -2.31. The van der Waals surface area contributed by atoms with Crippen LogP contribution in [0.1, 0.15) is 25.3 Å². The van der Waals surface area contributed by atoms with E-state index in [0.29, 0.717) is 49.8 Å². The third-order valence-electron chi connectivity index (χ3n) is 5.03. The molecule has 172 valence electrons. The summed E-state index contributed by atoms with van der Waals surface area (Å²) in [6.07, 6.45) is -2.72. The lowest BCUT2D eigenvalue weighted by molar-refractivity contribution is -0.152. The average Bonchev–Trinajstić information content (AvgIpc) is 2.78. The van der Waals surface area contributed by atoms with E-state index < -0.39 is 30.2 Å². The lowest BCUT2D eigenvalue weighted by atomic mass is 9.97. The highest BCUT2D eigenvalue weighted by molar-refractivity contribution is 5.94. The van der Waals surface area contributed by atoms with Crippen LogP contribution in [0.5, 0.6) is 5.75 Å². The van der Waals surface area contributed by atoms with Crippen LogP contribution in [-0.2, 0) is 20.5 Å². The predicted molar refractivity (Wildman–Crippen MR) is 111 cm³/mol. The number of pyridine rings is 1. The number of aromatic nitrogens is 1. The fourth-order valence-corrected chi connectivity index (χ4v) is 3.38. The van der Waals surface area contributed by atoms with Crippen molar-refractivity contribution in [1.82, 2.24) is 4.98 Å². The van der Waals surface area contributed by atoms with E-state index in [1.165, 1.54) is 6.07 Å². The molecule has 1 aliphatic rings. The van der Waals surface area contributed by atoms with Gasteiger partial charge in [0.1, 0.15) is 11.6 Å². The zero-order valence-electron chi connectivity index (χ0n) is 17.5. The number of alkyl halides is 3. The quantitative estimate of drug-likeness (QED) is 0.644. The monoisotopic (exact) mass is 451 g/mol. The number of ether oxygens (including phenoxy) is 2. The summed E-state index contributed by atoms with van der Waals surface area (Å²) in [5.74, 6) is -0.379. The zero-order valence-corrected chi connectivity index (χ0v) is 17.5. The van der Waals surface area contributed by atoms with E-state index in [-0.39, 0.29) is 5.92 Å². The first-order chi connectivity index (χ1) is 15.3. The maximum absolute atomic E-state index is 12.7. The number of hydrogen-bond acceptors (Lipinski definition) is 6. The molecule has 0 aliphatic carbocycles. The maximum Gasteiger partial charge on any atom is 0.417 e. The lowest BCUT2D eigenvalue weighted by Crippen LogP contribution is -2.38. The van der Waals surface area contributed by atoms with Gasteiger partial charge in [0.25, 0.3) is 5.91 Å². The molecule has 1 N–H and O–H groups in total. The predicted octanol–water partition coefficient (Wildman–Crippen LogP) is 3.90. The number of halogens is 3. The second kappa shape index (κ2) is 10.3. The standard InChI is InChI=1S/C22H24F3N3O4/c1-2-31-18-6-4-3-5-17(18)27-20(29)14-32-21(30)15-9-11-28(12-10-15)19-8-7-16(13-26-19)22(23,24)25/h3-8,13,15H,2,9-12,14H2,1H3,(H,27,29). The Morgan fingerprint density at radius 1 is 1.16 bits per heavy atom. The molecular weight excluding hydrogens is 427 g/mol. The van der Waals surface area contributed by atoms with Crippen molar-refractivity contribution in [2.45, 2.75) is 25.9 Å². The molecule has 1 aromatic carbocycles. The molecule has 3 rings (SSSR count). The molecular formula is C22H24F3N3O4. The van der Waals surface area contributed by atoms with E-state index in [0.717, 1.165) is 12.3 Å². The van der Waals surface area contributed by atoms with Gasteiger partial charge in [-0.2, -0.15) is 13.2 Å². The maximum atomic E-state index is 12.7. The van der Waals surface area contributed by atoms with Gasteiger partial charge in [0.05, 0.1) is 23.8 Å². The fraction of sp³-hybridized carbons (Fsp3) is 0.409. The molecule has 0 unspecified atom stereocenters.